The maximum absolute atomic E-state index is 11.7. The maximum atomic E-state index is 11.7. The van der Waals surface area contributed by atoms with Gasteiger partial charge >= 0.3 is 0 Å². The minimum Gasteiger partial charge on any atom is -0.287 e. The van der Waals surface area contributed by atoms with Crippen LogP contribution >= 0.6 is 31.9 Å². The minimum absolute atomic E-state index is 0.0848. The van der Waals surface area contributed by atoms with Crippen molar-refractivity contribution < 1.29 is 9.59 Å². The van der Waals surface area contributed by atoms with Gasteiger partial charge in [0, 0.05) is 11.0 Å². The van der Waals surface area contributed by atoms with Gasteiger partial charge in [0.2, 0.25) is 11.6 Å². The summed E-state index contributed by atoms with van der Waals surface area (Å²) in [5.74, 6) is 1.89. The highest BCUT2D eigenvalue weighted by atomic mass is 79.9. The smallest absolute Gasteiger partial charge is 0.231 e. The third kappa shape index (κ3) is 2.17. The number of carbonyl (C=O) groups excluding carboxylic acids is 2. The summed E-state index contributed by atoms with van der Waals surface area (Å²) in [5.41, 5.74) is 0.257. The van der Waals surface area contributed by atoms with Crippen molar-refractivity contribution >= 4 is 43.4 Å². The number of halogens is 2. The van der Waals surface area contributed by atoms with Crippen LogP contribution in [-0.2, 0) is 9.59 Å². The summed E-state index contributed by atoms with van der Waals surface area (Å²) in [7, 11) is 0. The normalized spacial score (nSPS) is 25.3. The van der Waals surface area contributed by atoms with Crippen molar-refractivity contribution in [2.24, 2.45) is 11.3 Å². The quantitative estimate of drug-likeness (QED) is 0.525. The van der Waals surface area contributed by atoms with Crippen molar-refractivity contribution in [2.75, 3.05) is 0 Å². The molecule has 2 aliphatic carbocycles. The van der Waals surface area contributed by atoms with Gasteiger partial charge in [-0.25, -0.2) is 0 Å². The summed E-state index contributed by atoms with van der Waals surface area (Å²) in [6.45, 7) is 1.97. The molecule has 0 aliphatic heterocycles. The first-order valence-electron chi connectivity index (χ1n) is 5.43. The fourth-order valence-corrected chi connectivity index (χ4v) is 4.01. The van der Waals surface area contributed by atoms with E-state index in [9.17, 15) is 9.59 Å². The largest absolute Gasteiger partial charge is 0.287 e. The average Bonchev–Trinajstić information content (AvgIpc) is 2.62. The van der Waals surface area contributed by atoms with E-state index in [0.29, 0.717) is 14.5 Å². The second kappa shape index (κ2) is 4.64. The summed E-state index contributed by atoms with van der Waals surface area (Å²) in [6, 6.07) is 0. The molecule has 0 saturated heterocycles. The lowest BCUT2D eigenvalue weighted by atomic mass is 9.82. The van der Waals surface area contributed by atoms with Gasteiger partial charge in [0.05, 0.1) is 8.96 Å². The molecule has 0 aromatic rings. The Morgan fingerprint density at radius 2 is 1.94 bits per heavy atom. The van der Waals surface area contributed by atoms with E-state index in [0.717, 1.165) is 6.42 Å². The monoisotopic (exact) mass is 368 g/mol. The Bertz CT molecular complexity index is 551. The van der Waals surface area contributed by atoms with Crippen LogP contribution in [0.5, 0.6) is 0 Å². The van der Waals surface area contributed by atoms with Crippen LogP contribution in [0.2, 0.25) is 0 Å². The number of hydrogen-bond acceptors (Lipinski definition) is 2. The molecule has 2 rings (SSSR count). The van der Waals surface area contributed by atoms with Gasteiger partial charge in [0.15, 0.2) is 0 Å². The number of rotatable bonds is 1. The van der Waals surface area contributed by atoms with Crippen LogP contribution in [0.1, 0.15) is 13.3 Å². The third-order valence-electron chi connectivity index (χ3n) is 3.23. The second-order valence-corrected chi connectivity index (χ2v) is 6.31. The Morgan fingerprint density at radius 3 is 2.44 bits per heavy atom. The van der Waals surface area contributed by atoms with Crippen molar-refractivity contribution in [2.45, 2.75) is 13.3 Å². The van der Waals surface area contributed by atoms with E-state index in [2.05, 4.69) is 37.8 Å². The summed E-state index contributed by atoms with van der Waals surface area (Å²) in [5, 5.41) is 0. The Labute approximate surface area is 122 Å². The van der Waals surface area contributed by atoms with Gasteiger partial charge in [-0.15, -0.1) is 6.42 Å². The van der Waals surface area contributed by atoms with Gasteiger partial charge in [-0.2, -0.15) is 0 Å². The fraction of sp³-hybridized carbons (Fsp3) is 0.286. The molecule has 1 unspecified atom stereocenters. The molecule has 0 radical (unpaired) electrons. The zero-order valence-electron chi connectivity index (χ0n) is 9.67. The molecule has 0 bridgehead atoms. The minimum atomic E-state index is -0.396. The highest BCUT2D eigenvalue weighted by Crippen LogP contribution is 2.47. The molecule has 4 heteroatoms. The maximum Gasteiger partial charge on any atom is 0.231 e. The van der Waals surface area contributed by atoms with Gasteiger partial charge in [-0.3, -0.25) is 9.59 Å². The van der Waals surface area contributed by atoms with Crippen molar-refractivity contribution in [3.8, 4) is 12.3 Å². The number of allylic oxidation sites excluding steroid dienone is 6. The van der Waals surface area contributed by atoms with E-state index < -0.39 is 5.41 Å². The topological polar surface area (TPSA) is 34.1 Å². The van der Waals surface area contributed by atoms with Gasteiger partial charge in [0.25, 0.3) is 0 Å². The molecule has 1 spiro atoms. The fourth-order valence-electron chi connectivity index (χ4n) is 2.46. The summed E-state index contributed by atoms with van der Waals surface area (Å²) in [6.07, 6.45) is 11.5. The molecule has 2 nitrogen and oxygen atoms in total. The predicted octanol–water partition coefficient (Wildman–Crippen LogP) is 3.28. The summed E-state index contributed by atoms with van der Waals surface area (Å²) >= 11 is 6.52. The van der Waals surface area contributed by atoms with Crippen molar-refractivity contribution in [1.82, 2.24) is 0 Å². The zero-order chi connectivity index (χ0) is 13.5. The van der Waals surface area contributed by atoms with Crippen LogP contribution in [0.25, 0.3) is 0 Å². The predicted molar refractivity (Wildman–Crippen MR) is 77.2 cm³/mol. The summed E-state index contributed by atoms with van der Waals surface area (Å²) < 4.78 is 1.02. The van der Waals surface area contributed by atoms with Gasteiger partial charge in [-0.1, -0.05) is 25.2 Å². The molecule has 0 saturated carbocycles. The highest BCUT2D eigenvalue weighted by Gasteiger charge is 2.39. The molecule has 2 aliphatic rings. The Balaban J connectivity index is 2.48. The molecule has 1 atom stereocenters. The Morgan fingerprint density at radius 1 is 1.39 bits per heavy atom. The first kappa shape index (κ1) is 13.5. The Kier molecular flexibility index (Phi) is 3.48. The standard InChI is InChI=1S/C14H10Br2O2/c1-3-12(17)9-5-14(4-8(9)2)6-10(15)13(18)11(16)7-14/h1,5-8H,4H2,2H3. The molecule has 92 valence electrons. The van der Waals surface area contributed by atoms with E-state index >= 15 is 0 Å². The van der Waals surface area contributed by atoms with E-state index in [1.165, 1.54) is 0 Å². The SMILES string of the molecule is C#CC(=O)C1=CC2(C=C(Br)C(=O)C(Br)=C2)CC1C. The number of carbonyl (C=O) groups is 2. The van der Waals surface area contributed by atoms with Crippen molar-refractivity contribution in [3.63, 3.8) is 0 Å². The van der Waals surface area contributed by atoms with Crippen LogP contribution in [-0.4, -0.2) is 11.6 Å². The third-order valence-corrected chi connectivity index (χ3v) is 4.41. The van der Waals surface area contributed by atoms with Crippen LogP contribution in [0.15, 0.2) is 32.8 Å². The molecule has 18 heavy (non-hydrogen) atoms. The number of Topliss-reactive ketones (excluding diaryl/α,β-unsaturated/α-hetero) is 2. The zero-order valence-corrected chi connectivity index (χ0v) is 12.8. The first-order chi connectivity index (χ1) is 8.38. The molecular formula is C14H10Br2O2. The second-order valence-electron chi connectivity index (χ2n) is 4.60. The molecule has 0 amide bonds. The van der Waals surface area contributed by atoms with E-state index in [4.69, 9.17) is 6.42 Å². The van der Waals surface area contributed by atoms with E-state index in [1.807, 2.05) is 25.2 Å². The van der Waals surface area contributed by atoms with Crippen LogP contribution in [0.4, 0.5) is 0 Å². The van der Waals surface area contributed by atoms with Crippen LogP contribution in [0, 0.1) is 23.7 Å². The number of terminal acetylenes is 1. The van der Waals surface area contributed by atoms with Gasteiger partial charge < -0.3 is 0 Å². The lowest BCUT2D eigenvalue weighted by Gasteiger charge is -2.24. The Hall–Kier alpha value is -0.920. The van der Waals surface area contributed by atoms with E-state index in [1.54, 1.807) is 0 Å². The number of ketones is 2. The van der Waals surface area contributed by atoms with Crippen LogP contribution in [0.3, 0.4) is 0 Å². The highest BCUT2D eigenvalue weighted by molar-refractivity contribution is 9.13. The molecule has 0 aromatic carbocycles. The molecule has 0 heterocycles. The lowest BCUT2D eigenvalue weighted by molar-refractivity contribution is -0.111. The molecule has 0 N–H and O–H groups in total. The molecular weight excluding hydrogens is 360 g/mol. The van der Waals surface area contributed by atoms with Gasteiger partial charge in [0.1, 0.15) is 0 Å². The van der Waals surface area contributed by atoms with E-state index in [-0.39, 0.29) is 17.5 Å². The molecule has 0 fully saturated rings. The first-order valence-corrected chi connectivity index (χ1v) is 7.02. The lowest BCUT2D eigenvalue weighted by Crippen LogP contribution is -2.18. The van der Waals surface area contributed by atoms with Crippen molar-refractivity contribution in [3.05, 3.63) is 32.8 Å². The van der Waals surface area contributed by atoms with Crippen molar-refractivity contribution in [1.29, 1.82) is 0 Å². The summed E-state index contributed by atoms with van der Waals surface area (Å²) in [4.78, 5) is 23.3. The van der Waals surface area contributed by atoms with Gasteiger partial charge in [-0.05, 0) is 50.1 Å². The number of hydrogen-bond donors (Lipinski definition) is 0. The van der Waals surface area contributed by atoms with Crippen LogP contribution < -0.4 is 0 Å². The molecule has 0 aromatic heterocycles. The average molecular weight is 370 g/mol.